The molecule has 11 nitrogen and oxygen atoms in total. The average Bonchev–Trinajstić information content (AvgIpc) is 3.01. The highest BCUT2D eigenvalue weighted by Gasteiger charge is 2.18. The number of rotatable bonds is 4. The van der Waals surface area contributed by atoms with Crippen LogP contribution in [0, 0.1) is 0 Å². The van der Waals surface area contributed by atoms with Crippen LogP contribution in [0.15, 0.2) is 38.8 Å². The van der Waals surface area contributed by atoms with Gasteiger partial charge in [-0.25, -0.2) is 13.2 Å². The molecule has 0 fully saturated rings. The zero-order valence-electron chi connectivity index (χ0n) is 12.7. The SMILES string of the molecule is CNC(=O)c1cc(NS(=O)(=O)c2ccc3[nH]c(=O)[nH]c(=O)c3c2)n[nH]1. The highest BCUT2D eigenvalue weighted by molar-refractivity contribution is 7.92. The van der Waals surface area contributed by atoms with Gasteiger partial charge in [0.05, 0.1) is 15.8 Å². The summed E-state index contributed by atoms with van der Waals surface area (Å²) in [6, 6.07) is 4.88. The summed E-state index contributed by atoms with van der Waals surface area (Å²) in [6.45, 7) is 0. The standard InChI is InChI=1S/C13H12N6O5S/c1-14-12(21)9-5-10(18-17-9)19-25(23,24)6-2-3-8-7(4-6)11(20)16-13(22)15-8/h2-5H,1H3,(H,14,21)(H2,17,18,19)(H2,15,16,20,22). The third-order valence-electron chi connectivity index (χ3n) is 3.31. The van der Waals surface area contributed by atoms with E-state index in [0.717, 1.165) is 6.07 Å². The van der Waals surface area contributed by atoms with Crippen LogP contribution in [0.3, 0.4) is 0 Å². The van der Waals surface area contributed by atoms with Crippen molar-refractivity contribution in [1.29, 1.82) is 0 Å². The maximum Gasteiger partial charge on any atom is 0.326 e. The summed E-state index contributed by atoms with van der Waals surface area (Å²) >= 11 is 0. The molecule has 0 aliphatic rings. The van der Waals surface area contributed by atoms with Crippen LogP contribution in [0.5, 0.6) is 0 Å². The Morgan fingerprint density at radius 2 is 1.92 bits per heavy atom. The quantitative estimate of drug-likeness (QED) is 0.402. The third-order valence-corrected chi connectivity index (χ3v) is 4.66. The van der Waals surface area contributed by atoms with Crippen LogP contribution >= 0.6 is 0 Å². The molecule has 5 N–H and O–H groups in total. The molecule has 0 aliphatic carbocycles. The van der Waals surface area contributed by atoms with Gasteiger partial charge in [0.15, 0.2) is 5.82 Å². The second-order valence-electron chi connectivity index (χ2n) is 4.97. The lowest BCUT2D eigenvalue weighted by Gasteiger charge is -2.06. The molecule has 0 bridgehead atoms. The van der Waals surface area contributed by atoms with Crippen molar-refractivity contribution in [3.05, 3.63) is 50.8 Å². The monoisotopic (exact) mass is 364 g/mol. The van der Waals surface area contributed by atoms with Crippen molar-refractivity contribution in [3.63, 3.8) is 0 Å². The largest absolute Gasteiger partial charge is 0.354 e. The number of aromatic nitrogens is 4. The number of amides is 1. The van der Waals surface area contributed by atoms with Crippen LogP contribution in [0.1, 0.15) is 10.5 Å². The fraction of sp³-hybridized carbons (Fsp3) is 0.0769. The minimum absolute atomic E-state index is 0.00977. The van der Waals surface area contributed by atoms with E-state index in [9.17, 15) is 22.8 Å². The van der Waals surface area contributed by atoms with Crippen LogP contribution in [0.4, 0.5) is 5.82 Å². The molecule has 0 saturated heterocycles. The molecule has 12 heteroatoms. The van der Waals surface area contributed by atoms with E-state index in [1.165, 1.54) is 25.2 Å². The molecule has 0 unspecified atom stereocenters. The first-order valence-corrected chi connectivity index (χ1v) is 8.35. The number of carbonyl (C=O) groups is 1. The van der Waals surface area contributed by atoms with E-state index in [1.54, 1.807) is 0 Å². The van der Waals surface area contributed by atoms with E-state index >= 15 is 0 Å². The van der Waals surface area contributed by atoms with Gasteiger partial charge in [0, 0.05) is 13.1 Å². The van der Waals surface area contributed by atoms with E-state index in [0.29, 0.717) is 0 Å². The zero-order valence-corrected chi connectivity index (χ0v) is 13.5. The van der Waals surface area contributed by atoms with Gasteiger partial charge in [-0.15, -0.1) is 0 Å². The highest BCUT2D eigenvalue weighted by Crippen LogP contribution is 2.17. The Kier molecular flexibility index (Phi) is 3.88. The van der Waals surface area contributed by atoms with Crippen molar-refractivity contribution in [2.24, 2.45) is 0 Å². The van der Waals surface area contributed by atoms with E-state index < -0.39 is 27.2 Å². The number of sulfonamides is 1. The highest BCUT2D eigenvalue weighted by atomic mass is 32.2. The summed E-state index contributed by atoms with van der Waals surface area (Å²) in [4.78, 5) is 38.7. The number of aromatic amines is 3. The second-order valence-corrected chi connectivity index (χ2v) is 6.65. The van der Waals surface area contributed by atoms with Gasteiger partial charge in [-0.3, -0.25) is 24.4 Å². The van der Waals surface area contributed by atoms with Crippen LogP contribution in [0.25, 0.3) is 10.9 Å². The molecule has 0 saturated carbocycles. The first-order chi connectivity index (χ1) is 11.8. The number of nitrogens with one attached hydrogen (secondary N) is 5. The predicted molar refractivity (Wildman–Crippen MR) is 88.0 cm³/mol. The fourth-order valence-electron chi connectivity index (χ4n) is 2.13. The molecule has 2 aromatic heterocycles. The molecule has 0 radical (unpaired) electrons. The number of fused-ring (bicyclic) bond motifs is 1. The minimum Gasteiger partial charge on any atom is -0.354 e. The van der Waals surface area contributed by atoms with E-state index in [1.807, 2.05) is 4.98 Å². The molecule has 0 spiro atoms. The lowest BCUT2D eigenvalue weighted by atomic mass is 10.2. The summed E-state index contributed by atoms with van der Waals surface area (Å²) in [7, 11) is -2.64. The summed E-state index contributed by atoms with van der Waals surface area (Å²) in [5.74, 6) is -0.548. The number of carbonyl (C=O) groups excluding carboxylic acids is 1. The summed E-state index contributed by atoms with van der Waals surface area (Å²) in [5.41, 5.74) is -1.12. The second kappa shape index (κ2) is 5.90. The van der Waals surface area contributed by atoms with E-state index in [2.05, 4.69) is 25.2 Å². The van der Waals surface area contributed by atoms with Crippen molar-refractivity contribution >= 4 is 32.7 Å². The number of hydrogen-bond acceptors (Lipinski definition) is 6. The maximum absolute atomic E-state index is 12.4. The Hall–Kier alpha value is -3.41. The van der Waals surface area contributed by atoms with Crippen LogP contribution in [0.2, 0.25) is 0 Å². The molecule has 130 valence electrons. The zero-order chi connectivity index (χ0) is 18.2. The molecule has 1 aromatic carbocycles. The lowest BCUT2D eigenvalue weighted by molar-refractivity contribution is 0.0958. The molecule has 2 heterocycles. The number of H-pyrrole nitrogens is 3. The van der Waals surface area contributed by atoms with Crippen molar-refractivity contribution in [1.82, 2.24) is 25.5 Å². The Morgan fingerprint density at radius 1 is 1.16 bits per heavy atom. The Bertz CT molecular complexity index is 1190. The van der Waals surface area contributed by atoms with E-state index in [4.69, 9.17) is 0 Å². The smallest absolute Gasteiger partial charge is 0.326 e. The van der Waals surface area contributed by atoms with Crippen molar-refractivity contribution in [3.8, 4) is 0 Å². The van der Waals surface area contributed by atoms with Crippen LogP contribution in [-0.4, -0.2) is 41.5 Å². The van der Waals surface area contributed by atoms with Gasteiger partial charge in [0.25, 0.3) is 21.5 Å². The number of nitrogens with zero attached hydrogens (tertiary/aromatic N) is 1. The van der Waals surface area contributed by atoms with Gasteiger partial charge in [-0.2, -0.15) is 5.10 Å². The van der Waals surface area contributed by atoms with Gasteiger partial charge >= 0.3 is 5.69 Å². The first kappa shape index (κ1) is 16.4. The topological polar surface area (TPSA) is 170 Å². The van der Waals surface area contributed by atoms with Crippen molar-refractivity contribution in [2.75, 3.05) is 11.8 Å². The molecular formula is C13H12N6O5S. The predicted octanol–water partition coefficient (Wildman–Crippen LogP) is -0.900. The van der Waals surface area contributed by atoms with Gasteiger partial charge in [0.2, 0.25) is 0 Å². The number of benzene rings is 1. The summed E-state index contributed by atoms with van der Waals surface area (Å²) < 4.78 is 27.0. The molecule has 25 heavy (non-hydrogen) atoms. The van der Waals surface area contributed by atoms with Crippen LogP contribution in [-0.2, 0) is 10.0 Å². The third kappa shape index (κ3) is 3.14. The fourth-order valence-corrected chi connectivity index (χ4v) is 3.15. The molecule has 3 aromatic rings. The number of anilines is 1. The van der Waals surface area contributed by atoms with Gasteiger partial charge in [-0.05, 0) is 18.2 Å². The van der Waals surface area contributed by atoms with Crippen molar-refractivity contribution < 1.29 is 13.2 Å². The molecule has 0 atom stereocenters. The lowest BCUT2D eigenvalue weighted by Crippen LogP contribution is -2.22. The Labute approximate surface area is 139 Å². The molecular weight excluding hydrogens is 352 g/mol. The Morgan fingerprint density at radius 3 is 2.64 bits per heavy atom. The summed E-state index contributed by atoms with van der Waals surface area (Å²) in [6.07, 6.45) is 0. The first-order valence-electron chi connectivity index (χ1n) is 6.87. The van der Waals surface area contributed by atoms with Crippen LogP contribution < -0.4 is 21.3 Å². The van der Waals surface area contributed by atoms with E-state index in [-0.39, 0.29) is 27.3 Å². The number of hydrogen-bond donors (Lipinski definition) is 5. The van der Waals surface area contributed by atoms with Gasteiger partial charge in [0.1, 0.15) is 5.69 Å². The molecule has 1 amide bonds. The minimum atomic E-state index is -4.06. The molecule has 0 aliphatic heterocycles. The Balaban J connectivity index is 1.98. The summed E-state index contributed by atoms with van der Waals surface area (Å²) in [5, 5.41) is 8.46. The van der Waals surface area contributed by atoms with Gasteiger partial charge in [-0.1, -0.05) is 0 Å². The normalized spacial score (nSPS) is 11.4. The average molecular weight is 364 g/mol. The maximum atomic E-state index is 12.4. The van der Waals surface area contributed by atoms with Gasteiger partial charge < -0.3 is 10.3 Å². The molecule has 3 rings (SSSR count). The van der Waals surface area contributed by atoms with Crippen molar-refractivity contribution in [2.45, 2.75) is 4.90 Å².